The van der Waals surface area contributed by atoms with Crippen molar-refractivity contribution in [3.05, 3.63) is 23.8 Å². The summed E-state index contributed by atoms with van der Waals surface area (Å²) in [5, 5.41) is 19.5. The highest BCUT2D eigenvalue weighted by molar-refractivity contribution is 5.65. The maximum absolute atomic E-state index is 12.4. The molecule has 0 radical (unpaired) electrons. The average Bonchev–Trinajstić information content (AvgIpc) is 2.43. The Morgan fingerprint density at radius 3 is 2.00 bits per heavy atom. The van der Waals surface area contributed by atoms with Crippen molar-refractivity contribution in [3.8, 4) is 11.5 Å². The Morgan fingerprint density at radius 2 is 1.58 bits per heavy atom. The SMILES string of the molecule is CC(C)(C)OC(=O)OC(COC(N)=O)(c1ccc(O)c(O)c1)C(C)(C)C. The number of benzene rings is 1. The average molecular weight is 369 g/mol. The normalized spacial score (nSPS) is 14.2. The molecule has 1 atom stereocenters. The van der Waals surface area contributed by atoms with Crippen molar-refractivity contribution in [1.82, 2.24) is 0 Å². The largest absolute Gasteiger partial charge is 0.509 e. The van der Waals surface area contributed by atoms with E-state index in [2.05, 4.69) is 0 Å². The summed E-state index contributed by atoms with van der Waals surface area (Å²) >= 11 is 0. The van der Waals surface area contributed by atoms with Gasteiger partial charge in [0.05, 0.1) is 0 Å². The van der Waals surface area contributed by atoms with Crippen LogP contribution in [0.1, 0.15) is 47.1 Å². The van der Waals surface area contributed by atoms with Gasteiger partial charge in [0.25, 0.3) is 0 Å². The molecule has 0 saturated carbocycles. The third kappa shape index (κ3) is 5.18. The fraction of sp³-hybridized carbons (Fsp3) is 0.556. The molecule has 1 rings (SSSR count). The molecule has 1 aromatic carbocycles. The number of phenolic OH excluding ortho intramolecular Hbond substituents is 2. The number of aromatic hydroxyl groups is 2. The van der Waals surface area contributed by atoms with Gasteiger partial charge < -0.3 is 30.2 Å². The number of primary amides is 1. The van der Waals surface area contributed by atoms with Gasteiger partial charge in [0.1, 0.15) is 12.2 Å². The molecule has 0 fully saturated rings. The van der Waals surface area contributed by atoms with E-state index < -0.39 is 41.2 Å². The number of rotatable bonds is 4. The molecule has 0 aliphatic rings. The fourth-order valence-corrected chi connectivity index (χ4v) is 2.33. The van der Waals surface area contributed by atoms with Gasteiger partial charge >= 0.3 is 12.2 Å². The Labute approximate surface area is 152 Å². The first-order chi connectivity index (χ1) is 11.7. The second-order valence-corrected chi connectivity index (χ2v) is 7.95. The third-order valence-electron chi connectivity index (χ3n) is 3.72. The molecular formula is C18H27NO7. The van der Waals surface area contributed by atoms with Crippen LogP contribution >= 0.6 is 0 Å². The first kappa shape index (κ1) is 21.4. The molecule has 0 aliphatic heterocycles. The third-order valence-corrected chi connectivity index (χ3v) is 3.72. The van der Waals surface area contributed by atoms with E-state index in [0.717, 1.165) is 0 Å². The number of carbonyl (C=O) groups is 2. The minimum Gasteiger partial charge on any atom is -0.504 e. The molecule has 26 heavy (non-hydrogen) atoms. The minimum atomic E-state index is -1.53. The summed E-state index contributed by atoms with van der Waals surface area (Å²) in [6, 6.07) is 3.93. The van der Waals surface area contributed by atoms with Crippen LogP contribution in [-0.4, -0.2) is 34.7 Å². The van der Waals surface area contributed by atoms with Crippen molar-refractivity contribution < 1.29 is 34.0 Å². The predicted octanol–water partition coefficient (Wildman–Crippen LogP) is 3.39. The summed E-state index contributed by atoms with van der Waals surface area (Å²) in [5.74, 6) is -0.757. The lowest BCUT2D eigenvalue weighted by atomic mass is 9.72. The van der Waals surface area contributed by atoms with Crippen LogP contribution in [-0.2, 0) is 19.8 Å². The molecule has 0 bridgehead atoms. The zero-order valence-electron chi connectivity index (χ0n) is 16.0. The van der Waals surface area contributed by atoms with E-state index in [0.29, 0.717) is 5.56 Å². The summed E-state index contributed by atoms with van der Waals surface area (Å²) in [7, 11) is 0. The second-order valence-electron chi connectivity index (χ2n) is 7.95. The van der Waals surface area contributed by atoms with Crippen LogP contribution in [0.4, 0.5) is 9.59 Å². The van der Waals surface area contributed by atoms with Crippen LogP contribution in [0.5, 0.6) is 11.5 Å². The summed E-state index contributed by atoms with van der Waals surface area (Å²) in [4.78, 5) is 23.5. The first-order valence-electron chi connectivity index (χ1n) is 8.05. The molecule has 0 aromatic heterocycles. The molecule has 8 nitrogen and oxygen atoms in total. The molecule has 4 N–H and O–H groups in total. The highest BCUT2D eigenvalue weighted by atomic mass is 16.7. The Morgan fingerprint density at radius 1 is 1.00 bits per heavy atom. The van der Waals surface area contributed by atoms with Crippen molar-refractivity contribution in [2.45, 2.75) is 52.7 Å². The zero-order valence-corrected chi connectivity index (χ0v) is 16.0. The van der Waals surface area contributed by atoms with Crippen molar-refractivity contribution in [3.63, 3.8) is 0 Å². The number of phenols is 2. The number of hydrogen-bond acceptors (Lipinski definition) is 7. The minimum absolute atomic E-state index is 0.299. The number of amides is 1. The molecule has 1 amide bonds. The Bertz CT molecular complexity index is 673. The van der Waals surface area contributed by atoms with Gasteiger partial charge in [-0.15, -0.1) is 0 Å². The topological polar surface area (TPSA) is 128 Å². The maximum Gasteiger partial charge on any atom is 0.509 e. The highest BCUT2D eigenvalue weighted by Gasteiger charge is 2.50. The van der Waals surface area contributed by atoms with E-state index in [4.69, 9.17) is 19.9 Å². The number of ether oxygens (including phenoxy) is 3. The molecule has 146 valence electrons. The summed E-state index contributed by atoms with van der Waals surface area (Å²) in [6.07, 6.45) is -2.03. The van der Waals surface area contributed by atoms with Crippen molar-refractivity contribution in [2.24, 2.45) is 11.1 Å². The lowest BCUT2D eigenvalue weighted by Crippen LogP contribution is -2.49. The van der Waals surface area contributed by atoms with E-state index in [-0.39, 0.29) is 5.75 Å². The summed E-state index contributed by atoms with van der Waals surface area (Å²) < 4.78 is 15.8. The van der Waals surface area contributed by atoms with Crippen molar-refractivity contribution in [1.29, 1.82) is 0 Å². The van der Waals surface area contributed by atoms with Gasteiger partial charge in [-0.1, -0.05) is 26.8 Å². The van der Waals surface area contributed by atoms with Crippen LogP contribution < -0.4 is 5.73 Å². The quantitative estimate of drug-likeness (QED) is 0.548. The first-order valence-corrected chi connectivity index (χ1v) is 8.05. The van der Waals surface area contributed by atoms with Crippen LogP contribution in [0.3, 0.4) is 0 Å². The van der Waals surface area contributed by atoms with E-state index >= 15 is 0 Å². The molecular weight excluding hydrogens is 342 g/mol. The Balaban J connectivity index is 3.46. The van der Waals surface area contributed by atoms with Gasteiger partial charge in [-0.3, -0.25) is 0 Å². The van der Waals surface area contributed by atoms with Gasteiger partial charge in [0.2, 0.25) is 0 Å². The summed E-state index contributed by atoms with van der Waals surface area (Å²) in [5.41, 5.74) is 2.25. The molecule has 0 saturated heterocycles. The van der Waals surface area contributed by atoms with Crippen LogP contribution in [0.25, 0.3) is 0 Å². The molecule has 0 heterocycles. The van der Waals surface area contributed by atoms with Gasteiger partial charge in [0.15, 0.2) is 17.1 Å². The van der Waals surface area contributed by atoms with Gasteiger partial charge in [-0.2, -0.15) is 0 Å². The lowest BCUT2D eigenvalue weighted by molar-refractivity contribution is -0.140. The van der Waals surface area contributed by atoms with Gasteiger partial charge in [-0.05, 0) is 32.9 Å². The molecule has 8 heteroatoms. The monoisotopic (exact) mass is 369 g/mol. The van der Waals surface area contributed by atoms with E-state index in [1.54, 1.807) is 41.5 Å². The number of hydrogen-bond donors (Lipinski definition) is 3. The van der Waals surface area contributed by atoms with Crippen LogP contribution in [0.2, 0.25) is 0 Å². The van der Waals surface area contributed by atoms with E-state index in [1.807, 2.05) is 0 Å². The highest BCUT2D eigenvalue weighted by Crippen LogP contribution is 2.45. The number of carbonyl (C=O) groups excluding carboxylic acids is 2. The predicted molar refractivity (Wildman–Crippen MR) is 93.8 cm³/mol. The number of nitrogens with two attached hydrogens (primary N) is 1. The van der Waals surface area contributed by atoms with Gasteiger partial charge in [0, 0.05) is 11.0 Å². The van der Waals surface area contributed by atoms with Crippen LogP contribution in [0.15, 0.2) is 18.2 Å². The Hall–Kier alpha value is -2.64. The van der Waals surface area contributed by atoms with E-state index in [9.17, 15) is 19.8 Å². The lowest BCUT2D eigenvalue weighted by Gasteiger charge is -2.43. The van der Waals surface area contributed by atoms with E-state index in [1.165, 1.54) is 18.2 Å². The zero-order chi connectivity index (χ0) is 20.3. The molecule has 0 spiro atoms. The smallest absolute Gasteiger partial charge is 0.504 e. The van der Waals surface area contributed by atoms with Crippen molar-refractivity contribution >= 4 is 12.2 Å². The molecule has 0 aliphatic carbocycles. The summed E-state index contributed by atoms with van der Waals surface area (Å²) in [6.45, 7) is 9.90. The Kier molecular flexibility index (Phi) is 6.02. The standard InChI is InChI=1S/C18H27NO7/c1-16(2,3)18(10-24-14(19)22,26-15(23)25-17(4,5)6)11-7-8-12(20)13(21)9-11/h7-9,20-21H,10H2,1-6H3,(H2,19,22). The maximum atomic E-state index is 12.4. The van der Waals surface area contributed by atoms with Crippen molar-refractivity contribution in [2.75, 3.05) is 6.61 Å². The second kappa shape index (κ2) is 7.31. The fourth-order valence-electron chi connectivity index (χ4n) is 2.33. The molecule has 1 aromatic rings. The van der Waals surface area contributed by atoms with Gasteiger partial charge in [-0.25, -0.2) is 9.59 Å². The molecule has 1 unspecified atom stereocenters. The van der Waals surface area contributed by atoms with Crippen LogP contribution in [0, 0.1) is 5.41 Å².